The van der Waals surface area contributed by atoms with Gasteiger partial charge in [-0.1, -0.05) is 18.2 Å². The van der Waals surface area contributed by atoms with Gasteiger partial charge in [-0.3, -0.25) is 0 Å². The SMILES string of the molecule is Cn1cc(CCNC2CCNCC2)c2ccccc21. The van der Waals surface area contributed by atoms with Crippen LogP contribution in [0.25, 0.3) is 10.9 Å². The van der Waals surface area contributed by atoms with Crippen molar-refractivity contribution in [2.45, 2.75) is 25.3 Å². The van der Waals surface area contributed by atoms with Crippen LogP contribution in [-0.2, 0) is 13.5 Å². The third-order valence-electron chi connectivity index (χ3n) is 4.15. The fourth-order valence-corrected chi connectivity index (χ4v) is 3.06. The molecular formula is C16H23N3. The Balaban J connectivity index is 1.62. The van der Waals surface area contributed by atoms with E-state index in [9.17, 15) is 0 Å². The molecule has 1 aromatic carbocycles. The normalized spacial score (nSPS) is 17.1. The third kappa shape index (κ3) is 2.82. The zero-order valence-electron chi connectivity index (χ0n) is 11.7. The number of nitrogens with one attached hydrogen (secondary N) is 2. The topological polar surface area (TPSA) is 29.0 Å². The smallest absolute Gasteiger partial charge is 0.0480 e. The molecule has 3 heteroatoms. The number of hydrogen-bond donors (Lipinski definition) is 2. The lowest BCUT2D eigenvalue weighted by Gasteiger charge is -2.23. The van der Waals surface area contributed by atoms with E-state index in [0.717, 1.165) is 26.1 Å². The Labute approximate surface area is 115 Å². The Morgan fingerprint density at radius 3 is 2.89 bits per heavy atom. The van der Waals surface area contributed by atoms with E-state index in [1.54, 1.807) is 0 Å². The Bertz CT molecular complexity index is 538. The number of rotatable bonds is 4. The molecule has 2 N–H and O–H groups in total. The molecule has 0 unspecified atom stereocenters. The van der Waals surface area contributed by atoms with Crippen LogP contribution < -0.4 is 10.6 Å². The van der Waals surface area contributed by atoms with Gasteiger partial charge in [0.2, 0.25) is 0 Å². The second kappa shape index (κ2) is 5.76. The van der Waals surface area contributed by atoms with Crippen molar-refractivity contribution in [2.24, 2.45) is 7.05 Å². The van der Waals surface area contributed by atoms with Crippen LogP contribution in [-0.4, -0.2) is 30.2 Å². The number of piperidine rings is 1. The van der Waals surface area contributed by atoms with Gasteiger partial charge in [-0.25, -0.2) is 0 Å². The lowest BCUT2D eigenvalue weighted by Crippen LogP contribution is -2.40. The summed E-state index contributed by atoms with van der Waals surface area (Å²) in [7, 11) is 2.13. The van der Waals surface area contributed by atoms with E-state index in [1.165, 1.54) is 29.3 Å². The van der Waals surface area contributed by atoms with Gasteiger partial charge in [0.05, 0.1) is 0 Å². The summed E-state index contributed by atoms with van der Waals surface area (Å²) in [4.78, 5) is 0. The number of benzene rings is 1. The van der Waals surface area contributed by atoms with Crippen LogP contribution in [0.3, 0.4) is 0 Å². The van der Waals surface area contributed by atoms with E-state index in [0.29, 0.717) is 6.04 Å². The highest BCUT2D eigenvalue weighted by Crippen LogP contribution is 2.20. The molecule has 1 fully saturated rings. The Morgan fingerprint density at radius 1 is 1.26 bits per heavy atom. The maximum atomic E-state index is 3.69. The molecular weight excluding hydrogens is 234 g/mol. The summed E-state index contributed by atoms with van der Waals surface area (Å²) in [5, 5.41) is 8.50. The van der Waals surface area contributed by atoms with Crippen molar-refractivity contribution in [3.63, 3.8) is 0 Å². The first-order valence-corrected chi connectivity index (χ1v) is 7.31. The molecule has 1 aliphatic heterocycles. The number of para-hydroxylation sites is 1. The summed E-state index contributed by atoms with van der Waals surface area (Å²) < 4.78 is 2.23. The Hall–Kier alpha value is -1.32. The zero-order valence-corrected chi connectivity index (χ0v) is 11.7. The van der Waals surface area contributed by atoms with Gasteiger partial charge in [0.25, 0.3) is 0 Å². The highest BCUT2D eigenvalue weighted by molar-refractivity contribution is 5.83. The summed E-state index contributed by atoms with van der Waals surface area (Å²) in [6, 6.07) is 9.37. The van der Waals surface area contributed by atoms with Crippen molar-refractivity contribution >= 4 is 10.9 Å². The summed E-state index contributed by atoms with van der Waals surface area (Å²) >= 11 is 0. The molecule has 0 spiro atoms. The van der Waals surface area contributed by atoms with Crippen LogP contribution in [0.4, 0.5) is 0 Å². The number of aromatic nitrogens is 1. The first-order chi connectivity index (χ1) is 9.34. The van der Waals surface area contributed by atoms with Crippen molar-refractivity contribution < 1.29 is 0 Å². The molecule has 2 aromatic rings. The van der Waals surface area contributed by atoms with Crippen molar-refractivity contribution in [1.29, 1.82) is 0 Å². The number of nitrogens with zero attached hydrogens (tertiary/aromatic N) is 1. The van der Waals surface area contributed by atoms with Crippen LogP contribution >= 0.6 is 0 Å². The largest absolute Gasteiger partial charge is 0.350 e. The monoisotopic (exact) mass is 257 g/mol. The van der Waals surface area contributed by atoms with Crippen LogP contribution in [0.1, 0.15) is 18.4 Å². The predicted molar refractivity (Wildman–Crippen MR) is 80.5 cm³/mol. The van der Waals surface area contributed by atoms with Gasteiger partial charge >= 0.3 is 0 Å². The van der Waals surface area contributed by atoms with E-state index >= 15 is 0 Å². The first-order valence-electron chi connectivity index (χ1n) is 7.31. The number of fused-ring (bicyclic) bond motifs is 1. The van der Waals surface area contributed by atoms with E-state index < -0.39 is 0 Å². The minimum Gasteiger partial charge on any atom is -0.350 e. The molecule has 0 saturated carbocycles. The highest BCUT2D eigenvalue weighted by Gasteiger charge is 2.12. The average Bonchev–Trinajstić information content (AvgIpc) is 2.78. The molecule has 102 valence electrons. The fraction of sp³-hybridized carbons (Fsp3) is 0.500. The fourth-order valence-electron chi connectivity index (χ4n) is 3.06. The molecule has 0 atom stereocenters. The predicted octanol–water partition coefficient (Wildman–Crippen LogP) is 2.06. The molecule has 1 saturated heterocycles. The minimum atomic E-state index is 0.705. The van der Waals surface area contributed by atoms with Gasteiger partial charge in [-0.15, -0.1) is 0 Å². The quantitative estimate of drug-likeness (QED) is 0.878. The van der Waals surface area contributed by atoms with E-state index in [4.69, 9.17) is 0 Å². The molecule has 0 amide bonds. The van der Waals surface area contributed by atoms with E-state index in [2.05, 4.69) is 52.7 Å². The molecule has 3 nitrogen and oxygen atoms in total. The van der Waals surface area contributed by atoms with Gasteiger partial charge in [0, 0.05) is 30.2 Å². The molecule has 19 heavy (non-hydrogen) atoms. The molecule has 0 radical (unpaired) electrons. The second-order valence-electron chi connectivity index (χ2n) is 5.51. The molecule has 2 heterocycles. The van der Waals surface area contributed by atoms with Gasteiger partial charge < -0.3 is 15.2 Å². The standard InChI is InChI=1S/C16H23N3/c1-19-12-13(15-4-2-3-5-16(15)19)6-11-18-14-7-9-17-10-8-14/h2-5,12,14,17-18H,6-11H2,1H3. The van der Waals surface area contributed by atoms with Crippen molar-refractivity contribution in [3.05, 3.63) is 36.0 Å². The van der Waals surface area contributed by atoms with Gasteiger partial charge in [0.1, 0.15) is 0 Å². The summed E-state index contributed by atoms with van der Waals surface area (Å²) in [6.07, 6.45) is 5.91. The second-order valence-corrected chi connectivity index (χ2v) is 5.51. The maximum absolute atomic E-state index is 3.69. The van der Waals surface area contributed by atoms with E-state index in [-0.39, 0.29) is 0 Å². The lowest BCUT2D eigenvalue weighted by molar-refractivity contribution is 0.390. The third-order valence-corrected chi connectivity index (χ3v) is 4.15. The first kappa shape index (κ1) is 12.7. The Kier molecular flexibility index (Phi) is 3.85. The van der Waals surface area contributed by atoms with Gasteiger partial charge in [-0.2, -0.15) is 0 Å². The number of aryl methyl sites for hydroxylation is 1. The average molecular weight is 257 g/mol. The van der Waals surface area contributed by atoms with Crippen LogP contribution in [0.15, 0.2) is 30.5 Å². The molecule has 0 bridgehead atoms. The summed E-state index contributed by atoms with van der Waals surface area (Å²) in [6.45, 7) is 3.40. The van der Waals surface area contributed by atoms with Crippen LogP contribution in [0.5, 0.6) is 0 Å². The summed E-state index contributed by atoms with van der Waals surface area (Å²) in [5.74, 6) is 0. The van der Waals surface area contributed by atoms with Crippen LogP contribution in [0, 0.1) is 0 Å². The highest BCUT2D eigenvalue weighted by atomic mass is 15.0. The van der Waals surface area contributed by atoms with Crippen molar-refractivity contribution in [3.8, 4) is 0 Å². The number of hydrogen-bond acceptors (Lipinski definition) is 2. The molecule has 0 aliphatic carbocycles. The van der Waals surface area contributed by atoms with Crippen LogP contribution in [0.2, 0.25) is 0 Å². The van der Waals surface area contributed by atoms with Crippen molar-refractivity contribution in [1.82, 2.24) is 15.2 Å². The summed E-state index contributed by atoms with van der Waals surface area (Å²) in [5.41, 5.74) is 2.79. The van der Waals surface area contributed by atoms with Gasteiger partial charge in [0.15, 0.2) is 0 Å². The maximum Gasteiger partial charge on any atom is 0.0480 e. The lowest BCUT2D eigenvalue weighted by atomic mass is 10.1. The molecule has 1 aliphatic rings. The molecule has 3 rings (SSSR count). The van der Waals surface area contributed by atoms with E-state index in [1.807, 2.05) is 0 Å². The Morgan fingerprint density at radius 2 is 2.05 bits per heavy atom. The zero-order chi connectivity index (χ0) is 13.1. The minimum absolute atomic E-state index is 0.705. The van der Waals surface area contributed by atoms with Crippen molar-refractivity contribution in [2.75, 3.05) is 19.6 Å². The molecule has 1 aromatic heterocycles. The van der Waals surface area contributed by atoms with Gasteiger partial charge in [-0.05, 0) is 50.5 Å².